The first-order chi connectivity index (χ1) is 12.7. The Morgan fingerprint density at radius 2 is 1.85 bits per heavy atom. The second-order valence-corrected chi connectivity index (χ2v) is 7.33. The highest BCUT2D eigenvalue weighted by atomic mass is 35.5. The van der Waals surface area contributed by atoms with Crippen molar-refractivity contribution in [1.82, 2.24) is 9.88 Å². The van der Waals surface area contributed by atoms with Crippen molar-refractivity contribution < 1.29 is 4.79 Å². The molecule has 2 aromatic carbocycles. The van der Waals surface area contributed by atoms with E-state index in [9.17, 15) is 4.79 Å². The van der Waals surface area contributed by atoms with Gasteiger partial charge in [-0.1, -0.05) is 29.8 Å². The summed E-state index contributed by atoms with van der Waals surface area (Å²) in [5, 5.41) is 4.93. The summed E-state index contributed by atoms with van der Waals surface area (Å²) in [6.07, 6.45) is 4.31. The van der Waals surface area contributed by atoms with Crippen molar-refractivity contribution >= 4 is 34.1 Å². The van der Waals surface area contributed by atoms with Crippen molar-refractivity contribution in [3.63, 3.8) is 0 Å². The number of aromatic amines is 1. The zero-order valence-electron chi connectivity index (χ0n) is 14.5. The molecule has 4 rings (SSSR count). The van der Waals surface area contributed by atoms with Crippen LogP contribution in [0.1, 0.15) is 24.3 Å². The van der Waals surface area contributed by atoms with Gasteiger partial charge in [-0.2, -0.15) is 0 Å². The van der Waals surface area contributed by atoms with Crippen LogP contribution in [0.3, 0.4) is 0 Å². The monoisotopic (exact) mass is 367 g/mol. The lowest BCUT2D eigenvalue weighted by molar-refractivity contribution is -0.117. The zero-order chi connectivity index (χ0) is 17.9. The minimum absolute atomic E-state index is 0.0258. The number of nitrogens with zero attached hydrogens (tertiary/aromatic N) is 1. The van der Waals surface area contributed by atoms with Crippen LogP contribution in [-0.4, -0.2) is 35.4 Å². The minimum Gasteiger partial charge on any atom is -0.361 e. The lowest BCUT2D eigenvalue weighted by Gasteiger charge is -2.31. The predicted molar refractivity (Wildman–Crippen MR) is 107 cm³/mol. The normalized spacial score (nSPS) is 16.0. The van der Waals surface area contributed by atoms with Gasteiger partial charge >= 0.3 is 0 Å². The summed E-state index contributed by atoms with van der Waals surface area (Å²) >= 11 is 5.87. The molecule has 0 saturated carbocycles. The van der Waals surface area contributed by atoms with Crippen LogP contribution in [-0.2, 0) is 4.79 Å². The summed E-state index contributed by atoms with van der Waals surface area (Å²) in [6, 6.07) is 15.7. The molecule has 2 N–H and O–H groups in total. The first kappa shape index (κ1) is 17.1. The molecule has 1 amide bonds. The van der Waals surface area contributed by atoms with E-state index >= 15 is 0 Å². The van der Waals surface area contributed by atoms with Gasteiger partial charge in [0.05, 0.1) is 6.54 Å². The highest BCUT2D eigenvalue weighted by Crippen LogP contribution is 2.33. The summed E-state index contributed by atoms with van der Waals surface area (Å²) in [4.78, 5) is 17.9. The molecule has 1 aliphatic rings. The van der Waals surface area contributed by atoms with Crippen molar-refractivity contribution in [1.29, 1.82) is 0 Å². The fourth-order valence-corrected chi connectivity index (χ4v) is 3.90. The highest BCUT2D eigenvalue weighted by molar-refractivity contribution is 6.30. The molecule has 0 atom stereocenters. The number of carbonyl (C=O) groups excluding carboxylic acids is 1. The maximum Gasteiger partial charge on any atom is 0.238 e. The van der Waals surface area contributed by atoms with Crippen LogP contribution >= 0.6 is 11.6 Å². The number of hydrogen-bond donors (Lipinski definition) is 2. The first-order valence-electron chi connectivity index (χ1n) is 9.03. The summed E-state index contributed by atoms with van der Waals surface area (Å²) in [5.74, 6) is 0.583. The Bertz CT molecular complexity index is 895. The second-order valence-electron chi connectivity index (χ2n) is 6.90. The van der Waals surface area contributed by atoms with Crippen molar-refractivity contribution in [3.05, 3.63) is 65.3 Å². The van der Waals surface area contributed by atoms with Gasteiger partial charge in [0.1, 0.15) is 0 Å². The molecule has 5 heteroatoms. The standard InChI is InChI=1S/C21H22ClN3O/c22-16-5-7-17(8-6-16)24-21(26)14-25-11-9-15(10-12-25)19-13-23-20-4-2-1-3-18(19)20/h1-8,13,15,23H,9-12,14H2,(H,24,26). The molecule has 0 bridgehead atoms. The van der Waals surface area contributed by atoms with E-state index < -0.39 is 0 Å². The SMILES string of the molecule is O=C(CN1CCC(c2c[nH]c3ccccc23)CC1)Nc1ccc(Cl)cc1. The maximum absolute atomic E-state index is 12.3. The number of fused-ring (bicyclic) bond motifs is 1. The highest BCUT2D eigenvalue weighted by Gasteiger charge is 2.23. The van der Waals surface area contributed by atoms with Crippen molar-refractivity contribution in [2.24, 2.45) is 0 Å². The average Bonchev–Trinajstić information content (AvgIpc) is 3.08. The number of anilines is 1. The molecule has 134 valence electrons. The van der Waals surface area contributed by atoms with Crippen LogP contribution in [0.5, 0.6) is 0 Å². The molecular formula is C21H22ClN3O. The van der Waals surface area contributed by atoms with E-state index in [0.29, 0.717) is 17.5 Å². The average molecular weight is 368 g/mol. The smallest absolute Gasteiger partial charge is 0.238 e. The van der Waals surface area contributed by atoms with E-state index in [4.69, 9.17) is 11.6 Å². The number of para-hydroxylation sites is 1. The third-order valence-electron chi connectivity index (χ3n) is 5.14. The lowest BCUT2D eigenvalue weighted by atomic mass is 9.89. The molecule has 3 aromatic rings. The largest absolute Gasteiger partial charge is 0.361 e. The van der Waals surface area contributed by atoms with Crippen LogP contribution < -0.4 is 5.32 Å². The van der Waals surface area contributed by atoms with E-state index in [0.717, 1.165) is 31.6 Å². The molecule has 26 heavy (non-hydrogen) atoms. The third-order valence-corrected chi connectivity index (χ3v) is 5.40. The van der Waals surface area contributed by atoms with Gasteiger partial charge in [-0.3, -0.25) is 9.69 Å². The quantitative estimate of drug-likeness (QED) is 0.705. The van der Waals surface area contributed by atoms with Crippen LogP contribution in [0, 0.1) is 0 Å². The molecule has 0 unspecified atom stereocenters. The molecule has 0 aliphatic carbocycles. The number of halogens is 1. The van der Waals surface area contributed by atoms with Gasteiger partial charge in [-0.15, -0.1) is 0 Å². The van der Waals surface area contributed by atoms with Gasteiger partial charge in [0.2, 0.25) is 5.91 Å². The molecule has 0 spiro atoms. The zero-order valence-corrected chi connectivity index (χ0v) is 15.3. The summed E-state index contributed by atoms with van der Waals surface area (Å²) in [7, 11) is 0. The third kappa shape index (κ3) is 3.76. The Kier molecular flexibility index (Phi) is 4.96. The maximum atomic E-state index is 12.3. The van der Waals surface area contributed by atoms with Gasteiger partial charge in [0, 0.05) is 27.8 Å². The van der Waals surface area contributed by atoms with Gasteiger partial charge < -0.3 is 10.3 Å². The van der Waals surface area contributed by atoms with Crippen molar-refractivity contribution in [2.45, 2.75) is 18.8 Å². The lowest BCUT2D eigenvalue weighted by Crippen LogP contribution is -2.38. The molecular weight excluding hydrogens is 346 g/mol. The number of amides is 1. The van der Waals surface area contributed by atoms with Gasteiger partial charge in [-0.25, -0.2) is 0 Å². The summed E-state index contributed by atoms with van der Waals surface area (Å²) < 4.78 is 0. The topological polar surface area (TPSA) is 48.1 Å². The number of likely N-dealkylation sites (tertiary alicyclic amines) is 1. The summed E-state index contributed by atoms with van der Waals surface area (Å²) in [5.41, 5.74) is 3.39. The molecule has 1 aromatic heterocycles. The van der Waals surface area contributed by atoms with E-state index in [1.54, 1.807) is 12.1 Å². The molecule has 2 heterocycles. The van der Waals surface area contributed by atoms with Gasteiger partial charge in [0.15, 0.2) is 0 Å². The Morgan fingerprint density at radius 3 is 2.62 bits per heavy atom. The number of hydrogen-bond acceptors (Lipinski definition) is 2. The number of piperidine rings is 1. The van der Waals surface area contributed by atoms with Crippen LogP contribution in [0.15, 0.2) is 54.7 Å². The number of benzene rings is 2. The van der Waals surface area contributed by atoms with Crippen LogP contribution in [0.25, 0.3) is 10.9 Å². The van der Waals surface area contributed by atoms with Gasteiger partial charge in [0.25, 0.3) is 0 Å². The Hall–Kier alpha value is -2.30. The molecule has 1 aliphatic heterocycles. The van der Waals surface area contributed by atoms with E-state index in [-0.39, 0.29) is 5.91 Å². The predicted octanol–water partition coefficient (Wildman–Crippen LogP) is 4.64. The number of rotatable bonds is 4. The Balaban J connectivity index is 1.32. The van der Waals surface area contributed by atoms with E-state index in [1.807, 2.05) is 12.1 Å². The van der Waals surface area contributed by atoms with Gasteiger partial charge in [-0.05, 0) is 67.7 Å². The molecule has 1 saturated heterocycles. The number of aromatic nitrogens is 1. The second kappa shape index (κ2) is 7.52. The first-order valence-corrected chi connectivity index (χ1v) is 9.40. The number of carbonyl (C=O) groups is 1. The van der Waals surface area contributed by atoms with Crippen LogP contribution in [0.2, 0.25) is 5.02 Å². The van der Waals surface area contributed by atoms with Crippen molar-refractivity contribution in [3.8, 4) is 0 Å². The van der Waals surface area contributed by atoms with E-state index in [1.165, 1.54) is 16.5 Å². The fourth-order valence-electron chi connectivity index (χ4n) is 3.77. The molecule has 1 fully saturated rings. The molecule has 4 nitrogen and oxygen atoms in total. The minimum atomic E-state index is 0.0258. The summed E-state index contributed by atoms with van der Waals surface area (Å²) in [6.45, 7) is 2.32. The number of H-pyrrole nitrogens is 1. The Morgan fingerprint density at radius 1 is 1.12 bits per heavy atom. The molecule has 0 radical (unpaired) electrons. The van der Waals surface area contributed by atoms with E-state index in [2.05, 4.69) is 45.7 Å². The Labute approximate surface area is 158 Å². The fraction of sp³-hybridized carbons (Fsp3) is 0.286. The van der Waals surface area contributed by atoms with Crippen LogP contribution in [0.4, 0.5) is 5.69 Å². The number of nitrogens with one attached hydrogen (secondary N) is 2. The van der Waals surface area contributed by atoms with Crippen molar-refractivity contribution in [2.75, 3.05) is 25.0 Å².